The van der Waals surface area contributed by atoms with E-state index in [0.717, 1.165) is 23.5 Å². The second-order valence-corrected chi connectivity index (χ2v) is 15.5. The maximum Gasteiger partial charge on any atom is 0.130 e. The van der Waals surface area contributed by atoms with Crippen LogP contribution >= 0.6 is 0 Å². The molecule has 1 heterocycles. The maximum absolute atomic E-state index is 6.05. The third kappa shape index (κ3) is 9.29. The Morgan fingerprint density at radius 1 is 0.403 bits per heavy atom. The first-order valence-corrected chi connectivity index (χ1v) is 21.6. The van der Waals surface area contributed by atoms with Crippen LogP contribution in [0.25, 0.3) is 77.6 Å². The molecule has 10 rings (SSSR count). The lowest BCUT2D eigenvalue weighted by Crippen LogP contribution is -1.94. The monoisotopic (exact) mass is 800 g/mol. The zero-order valence-electron chi connectivity index (χ0n) is 36.1. The van der Waals surface area contributed by atoms with Gasteiger partial charge in [0.05, 0.1) is 0 Å². The number of hydrogen-bond acceptors (Lipinski definition) is 1. The Labute approximate surface area is 368 Å². The molecule has 0 spiro atoms. The van der Waals surface area contributed by atoms with Crippen LogP contribution < -0.4 is 4.74 Å². The molecule has 1 aliphatic rings. The molecular formula is C61H52O. The maximum atomic E-state index is 6.05. The van der Waals surface area contributed by atoms with E-state index in [1.54, 1.807) is 0 Å². The fraction of sp³-hybridized carbons (Fsp3) is 0.0820. The normalized spacial score (nSPS) is 12.2. The highest BCUT2D eigenvalue weighted by Gasteiger charge is 2.19. The average molecular weight is 801 g/mol. The van der Waals surface area contributed by atoms with Gasteiger partial charge in [0.15, 0.2) is 0 Å². The zero-order chi connectivity index (χ0) is 42.8. The van der Waals surface area contributed by atoms with E-state index in [1.165, 1.54) is 88.7 Å². The number of hydrogen-bond donors (Lipinski definition) is 0. The summed E-state index contributed by atoms with van der Waals surface area (Å²) in [5, 5.41) is 2.53. The summed E-state index contributed by atoms with van der Waals surface area (Å²) in [7, 11) is 0. The SMILES string of the molecule is C/C(=C1\Cc2ccccc2O1)c1cccc(-c2ccccc2)c1.C=C(C)c1cccc(-c2cccc(-c3cc(-c4ccccc4)cc(-c4cccc5ccccc45)c3)c2)c1.CC. The standard InChI is InChI=1S/C37H28.C22H18O.C2H6/c1-26(2)29-15-8-16-30(21-29)31-17-9-18-32(22-31)34-23-33(27-11-4-3-5-12-27)24-35(25-34)37-20-10-14-28-13-6-7-19-36(28)37;1-16(22-15-20-10-5-6-13-21(20)23-22)18-11-7-12-19(14-18)17-8-3-2-4-9-17;1-2/h3-25H,1H2,2H3;2-14H,15H2,1H3;1-2H3/b;22-16-;. The largest absolute Gasteiger partial charge is 0.461 e. The van der Waals surface area contributed by atoms with E-state index in [1.807, 2.05) is 32.0 Å². The van der Waals surface area contributed by atoms with Crippen LogP contribution in [0.15, 0.2) is 231 Å². The fourth-order valence-electron chi connectivity index (χ4n) is 8.09. The van der Waals surface area contributed by atoms with Gasteiger partial charge in [-0.05, 0) is 139 Å². The predicted molar refractivity (Wildman–Crippen MR) is 267 cm³/mol. The lowest BCUT2D eigenvalue weighted by molar-refractivity contribution is 0.448. The van der Waals surface area contributed by atoms with Crippen molar-refractivity contribution in [1.82, 2.24) is 0 Å². The summed E-state index contributed by atoms with van der Waals surface area (Å²) in [5.74, 6) is 2.04. The molecule has 0 atom stereocenters. The van der Waals surface area contributed by atoms with Crippen LogP contribution in [0, 0.1) is 0 Å². The quantitative estimate of drug-likeness (QED) is 0.156. The van der Waals surface area contributed by atoms with Crippen molar-refractivity contribution in [3.8, 4) is 61.4 Å². The van der Waals surface area contributed by atoms with Gasteiger partial charge in [-0.3, -0.25) is 0 Å². The highest BCUT2D eigenvalue weighted by Crippen LogP contribution is 2.38. The van der Waals surface area contributed by atoms with E-state index in [4.69, 9.17) is 4.74 Å². The fourth-order valence-corrected chi connectivity index (χ4v) is 8.09. The second kappa shape index (κ2) is 19.3. The van der Waals surface area contributed by atoms with Crippen LogP contribution in [0.1, 0.15) is 44.4 Å². The minimum absolute atomic E-state index is 0.873. The third-order valence-corrected chi connectivity index (χ3v) is 11.4. The number of rotatable bonds is 7. The first-order valence-electron chi connectivity index (χ1n) is 21.6. The third-order valence-electron chi connectivity index (χ3n) is 11.4. The molecule has 1 nitrogen and oxygen atoms in total. The Morgan fingerprint density at radius 3 is 1.55 bits per heavy atom. The molecule has 9 aromatic rings. The summed E-state index contributed by atoms with van der Waals surface area (Å²) < 4.78 is 6.05. The molecule has 62 heavy (non-hydrogen) atoms. The second-order valence-electron chi connectivity index (χ2n) is 15.5. The Bertz CT molecular complexity index is 2970. The molecule has 302 valence electrons. The summed E-state index contributed by atoms with van der Waals surface area (Å²) in [6.45, 7) is 12.3. The molecule has 0 bridgehead atoms. The van der Waals surface area contributed by atoms with Crippen LogP contribution in [0.2, 0.25) is 0 Å². The summed E-state index contributed by atoms with van der Waals surface area (Å²) in [6.07, 6.45) is 0.873. The van der Waals surface area contributed by atoms with Crippen molar-refractivity contribution < 1.29 is 4.74 Å². The summed E-state index contributed by atoms with van der Waals surface area (Å²) >= 11 is 0. The van der Waals surface area contributed by atoms with Crippen LogP contribution in [0.3, 0.4) is 0 Å². The van der Waals surface area contributed by atoms with Gasteiger partial charge in [0.1, 0.15) is 11.5 Å². The lowest BCUT2D eigenvalue weighted by atomic mass is 9.90. The van der Waals surface area contributed by atoms with Gasteiger partial charge in [-0.25, -0.2) is 0 Å². The van der Waals surface area contributed by atoms with Crippen molar-refractivity contribution in [2.45, 2.75) is 34.1 Å². The molecule has 1 heteroatoms. The number of fused-ring (bicyclic) bond motifs is 2. The number of ether oxygens (including phenoxy) is 1. The zero-order valence-corrected chi connectivity index (χ0v) is 36.1. The molecule has 0 saturated carbocycles. The van der Waals surface area contributed by atoms with E-state index in [9.17, 15) is 0 Å². The predicted octanol–water partition coefficient (Wildman–Crippen LogP) is 17.3. The van der Waals surface area contributed by atoms with E-state index >= 15 is 0 Å². The van der Waals surface area contributed by atoms with E-state index < -0.39 is 0 Å². The number of allylic oxidation sites excluding steroid dienone is 3. The first kappa shape index (κ1) is 41.3. The van der Waals surface area contributed by atoms with Crippen molar-refractivity contribution in [3.05, 3.63) is 247 Å². The molecule has 0 radical (unpaired) electrons. The van der Waals surface area contributed by atoms with E-state index in [0.29, 0.717) is 0 Å². The lowest BCUT2D eigenvalue weighted by Gasteiger charge is -2.14. The highest BCUT2D eigenvalue weighted by atomic mass is 16.5. The van der Waals surface area contributed by atoms with Gasteiger partial charge in [0.2, 0.25) is 0 Å². The van der Waals surface area contributed by atoms with Crippen molar-refractivity contribution in [2.75, 3.05) is 0 Å². The summed E-state index contributed by atoms with van der Waals surface area (Å²) in [4.78, 5) is 0. The van der Waals surface area contributed by atoms with Crippen molar-refractivity contribution in [2.24, 2.45) is 0 Å². The Kier molecular flexibility index (Phi) is 12.8. The molecule has 0 aliphatic carbocycles. The van der Waals surface area contributed by atoms with E-state index in [-0.39, 0.29) is 0 Å². The smallest absolute Gasteiger partial charge is 0.130 e. The number of para-hydroxylation sites is 1. The Balaban J connectivity index is 0.000000181. The van der Waals surface area contributed by atoms with Crippen LogP contribution in [-0.2, 0) is 6.42 Å². The van der Waals surface area contributed by atoms with Crippen molar-refractivity contribution in [3.63, 3.8) is 0 Å². The molecule has 1 aliphatic heterocycles. The van der Waals surface area contributed by atoms with Gasteiger partial charge < -0.3 is 4.74 Å². The summed E-state index contributed by atoms with van der Waals surface area (Å²) in [5.41, 5.74) is 18.2. The summed E-state index contributed by atoms with van der Waals surface area (Å²) in [6, 6.07) is 77.7. The van der Waals surface area contributed by atoms with Gasteiger partial charge in [-0.15, -0.1) is 0 Å². The topological polar surface area (TPSA) is 9.23 Å². The van der Waals surface area contributed by atoms with Gasteiger partial charge >= 0.3 is 0 Å². The van der Waals surface area contributed by atoms with Crippen molar-refractivity contribution >= 4 is 21.9 Å². The van der Waals surface area contributed by atoms with Crippen LogP contribution in [-0.4, -0.2) is 0 Å². The first-order chi connectivity index (χ1) is 30.5. The molecule has 0 amide bonds. The highest BCUT2D eigenvalue weighted by molar-refractivity contribution is 5.98. The minimum atomic E-state index is 0.873. The Hall–Kier alpha value is -7.48. The van der Waals surface area contributed by atoms with Gasteiger partial charge in [0.25, 0.3) is 0 Å². The molecule has 0 N–H and O–H groups in total. The Morgan fingerprint density at radius 2 is 0.855 bits per heavy atom. The molecule has 0 unspecified atom stereocenters. The molecule has 0 saturated heterocycles. The average Bonchev–Trinajstić information content (AvgIpc) is 3.80. The van der Waals surface area contributed by atoms with Gasteiger partial charge in [-0.1, -0.05) is 202 Å². The van der Waals surface area contributed by atoms with Gasteiger partial charge in [-0.2, -0.15) is 0 Å². The molecular weight excluding hydrogens is 749 g/mol. The van der Waals surface area contributed by atoms with Crippen LogP contribution in [0.5, 0.6) is 5.75 Å². The van der Waals surface area contributed by atoms with Crippen molar-refractivity contribution in [1.29, 1.82) is 0 Å². The van der Waals surface area contributed by atoms with Crippen LogP contribution in [0.4, 0.5) is 0 Å². The van der Waals surface area contributed by atoms with E-state index in [2.05, 4.69) is 221 Å². The molecule has 0 fully saturated rings. The molecule has 0 aromatic heterocycles. The number of benzene rings is 9. The molecule has 9 aromatic carbocycles. The minimum Gasteiger partial charge on any atom is -0.461 e. The van der Waals surface area contributed by atoms with Gasteiger partial charge in [0, 0.05) is 12.0 Å².